The number of nitrogens with zero attached hydrogens (tertiary/aromatic N) is 2. The standard InChI is InChI=1S/C21H19N3O2S/c1-14-8-10-17(11-9-14)24-20(26)15(2)27-21(24)18(12-22)19(25)23-13-16-6-4-3-5-7-16/h3-11,15H,13H2,1-2H3,(H,23,25)/b21-18+/t15-/m0/s1. The molecule has 0 spiro atoms. The number of hydrogen-bond donors (Lipinski definition) is 1. The molecule has 0 aliphatic carbocycles. The second kappa shape index (κ2) is 8.11. The minimum absolute atomic E-state index is 0.0470. The summed E-state index contributed by atoms with van der Waals surface area (Å²) in [6.07, 6.45) is 0. The smallest absolute Gasteiger partial charge is 0.264 e. The highest BCUT2D eigenvalue weighted by Gasteiger charge is 2.38. The van der Waals surface area contributed by atoms with Crippen LogP contribution in [0.2, 0.25) is 0 Å². The molecule has 1 aliphatic rings. The topological polar surface area (TPSA) is 73.2 Å². The van der Waals surface area contributed by atoms with Crippen LogP contribution in [0.1, 0.15) is 18.1 Å². The van der Waals surface area contributed by atoms with Crippen molar-refractivity contribution >= 4 is 29.3 Å². The van der Waals surface area contributed by atoms with E-state index in [1.165, 1.54) is 16.7 Å². The Balaban J connectivity index is 1.91. The lowest BCUT2D eigenvalue weighted by Gasteiger charge is -2.18. The molecule has 27 heavy (non-hydrogen) atoms. The molecule has 0 aromatic heterocycles. The summed E-state index contributed by atoms with van der Waals surface area (Å²) in [7, 11) is 0. The molecule has 6 heteroatoms. The molecule has 1 fully saturated rings. The van der Waals surface area contributed by atoms with Crippen LogP contribution in [-0.4, -0.2) is 17.1 Å². The molecule has 0 radical (unpaired) electrons. The van der Waals surface area contributed by atoms with Crippen molar-refractivity contribution in [3.8, 4) is 6.07 Å². The lowest BCUT2D eigenvalue weighted by Crippen LogP contribution is -2.30. The maximum Gasteiger partial charge on any atom is 0.264 e. The Hall–Kier alpha value is -3.04. The average molecular weight is 377 g/mol. The average Bonchev–Trinajstić information content (AvgIpc) is 2.97. The zero-order chi connectivity index (χ0) is 19.4. The summed E-state index contributed by atoms with van der Waals surface area (Å²) in [5, 5.41) is 12.4. The fraction of sp³-hybridized carbons (Fsp3) is 0.190. The van der Waals surface area contributed by atoms with E-state index in [0.717, 1.165) is 11.1 Å². The molecule has 1 aliphatic heterocycles. The van der Waals surface area contributed by atoms with Gasteiger partial charge >= 0.3 is 0 Å². The van der Waals surface area contributed by atoms with E-state index in [1.54, 1.807) is 6.92 Å². The number of thioether (sulfide) groups is 1. The van der Waals surface area contributed by atoms with Crippen LogP contribution < -0.4 is 10.2 Å². The maximum absolute atomic E-state index is 12.7. The summed E-state index contributed by atoms with van der Waals surface area (Å²) in [5.74, 6) is -0.620. The van der Waals surface area contributed by atoms with E-state index < -0.39 is 5.91 Å². The maximum atomic E-state index is 12.7. The molecule has 0 unspecified atom stereocenters. The van der Waals surface area contributed by atoms with Gasteiger partial charge in [0.05, 0.1) is 5.25 Å². The predicted molar refractivity (Wildman–Crippen MR) is 107 cm³/mol. The van der Waals surface area contributed by atoms with Crippen molar-refractivity contribution < 1.29 is 9.59 Å². The third kappa shape index (κ3) is 4.04. The Morgan fingerprint density at radius 3 is 2.48 bits per heavy atom. The molecule has 136 valence electrons. The molecule has 3 rings (SSSR count). The van der Waals surface area contributed by atoms with Crippen LogP contribution in [0, 0.1) is 18.3 Å². The van der Waals surface area contributed by atoms with Gasteiger partial charge in [-0.3, -0.25) is 14.5 Å². The van der Waals surface area contributed by atoms with Gasteiger partial charge in [0, 0.05) is 12.2 Å². The zero-order valence-corrected chi connectivity index (χ0v) is 15.9. The molecule has 2 amide bonds. The van der Waals surface area contributed by atoms with Crippen molar-refractivity contribution in [3.63, 3.8) is 0 Å². The Labute approximate surface area is 162 Å². The zero-order valence-electron chi connectivity index (χ0n) is 15.1. The molecule has 5 nitrogen and oxygen atoms in total. The second-order valence-electron chi connectivity index (χ2n) is 6.23. The number of aryl methyl sites for hydroxylation is 1. The van der Waals surface area contributed by atoms with E-state index in [4.69, 9.17) is 0 Å². The van der Waals surface area contributed by atoms with Gasteiger partial charge in [-0.25, -0.2) is 0 Å². The van der Waals surface area contributed by atoms with Crippen molar-refractivity contribution in [1.29, 1.82) is 5.26 Å². The van der Waals surface area contributed by atoms with Crippen molar-refractivity contribution in [3.05, 3.63) is 76.3 Å². The molecule has 1 saturated heterocycles. The van der Waals surface area contributed by atoms with E-state index in [9.17, 15) is 14.9 Å². The Morgan fingerprint density at radius 2 is 1.85 bits per heavy atom. The summed E-state index contributed by atoms with van der Waals surface area (Å²) in [6.45, 7) is 4.05. The summed E-state index contributed by atoms with van der Waals surface area (Å²) >= 11 is 1.24. The third-order valence-corrected chi connectivity index (χ3v) is 5.37. The normalized spacial score (nSPS) is 18.2. The van der Waals surface area contributed by atoms with Crippen molar-refractivity contribution in [2.45, 2.75) is 25.6 Å². The monoisotopic (exact) mass is 377 g/mol. The molecule has 2 aromatic rings. The number of benzene rings is 2. The van der Waals surface area contributed by atoms with Crippen LogP contribution in [0.5, 0.6) is 0 Å². The molecular weight excluding hydrogens is 358 g/mol. The molecule has 0 saturated carbocycles. The summed E-state index contributed by atoms with van der Waals surface area (Å²) < 4.78 is 0. The van der Waals surface area contributed by atoms with Gasteiger partial charge < -0.3 is 5.32 Å². The van der Waals surface area contributed by atoms with Gasteiger partial charge in [0.1, 0.15) is 16.7 Å². The fourth-order valence-corrected chi connectivity index (χ4v) is 3.82. The number of rotatable bonds is 4. The predicted octanol–water partition coefficient (Wildman–Crippen LogP) is 3.51. The lowest BCUT2D eigenvalue weighted by molar-refractivity contribution is -0.117. The number of hydrogen-bond acceptors (Lipinski definition) is 4. The number of amides is 2. The Bertz CT molecular complexity index is 930. The minimum Gasteiger partial charge on any atom is -0.347 e. The Morgan fingerprint density at radius 1 is 1.19 bits per heavy atom. The first-order valence-corrected chi connectivity index (χ1v) is 9.43. The number of carbonyl (C=O) groups is 2. The highest BCUT2D eigenvalue weighted by atomic mass is 32.2. The van der Waals surface area contributed by atoms with Gasteiger partial charge in [0.2, 0.25) is 5.91 Å². The van der Waals surface area contributed by atoms with Crippen molar-refractivity contribution in [2.24, 2.45) is 0 Å². The van der Waals surface area contributed by atoms with Gasteiger partial charge in [-0.05, 0) is 31.5 Å². The van der Waals surface area contributed by atoms with Crippen molar-refractivity contribution in [2.75, 3.05) is 4.90 Å². The van der Waals surface area contributed by atoms with Gasteiger partial charge in [-0.2, -0.15) is 5.26 Å². The first-order chi connectivity index (χ1) is 13.0. The highest BCUT2D eigenvalue weighted by Crippen LogP contribution is 2.40. The fourth-order valence-electron chi connectivity index (χ4n) is 2.72. The molecule has 1 heterocycles. The number of nitriles is 1. The first kappa shape index (κ1) is 18.7. The molecule has 2 aromatic carbocycles. The molecule has 1 atom stereocenters. The molecule has 0 bridgehead atoms. The van der Waals surface area contributed by atoms with E-state index in [1.807, 2.05) is 67.6 Å². The highest BCUT2D eigenvalue weighted by molar-refractivity contribution is 8.05. The van der Waals surface area contributed by atoms with Crippen LogP contribution in [0.15, 0.2) is 65.2 Å². The molecule has 1 N–H and O–H groups in total. The SMILES string of the molecule is Cc1ccc(N2C(=O)[C@H](C)S/C2=C(\C#N)C(=O)NCc2ccccc2)cc1. The summed E-state index contributed by atoms with van der Waals surface area (Å²) in [6, 6.07) is 18.9. The van der Waals surface area contributed by atoms with Crippen LogP contribution in [0.4, 0.5) is 5.69 Å². The first-order valence-electron chi connectivity index (χ1n) is 8.55. The lowest BCUT2D eigenvalue weighted by atomic mass is 10.2. The number of nitrogens with one attached hydrogen (secondary N) is 1. The van der Waals surface area contributed by atoms with E-state index >= 15 is 0 Å². The summed E-state index contributed by atoms with van der Waals surface area (Å²) in [5.41, 5.74) is 2.61. The van der Waals surface area contributed by atoms with E-state index in [-0.39, 0.29) is 16.7 Å². The third-order valence-electron chi connectivity index (χ3n) is 4.20. The minimum atomic E-state index is -0.483. The van der Waals surface area contributed by atoms with Gasteiger partial charge in [0.25, 0.3) is 5.91 Å². The quantitative estimate of drug-likeness (QED) is 0.654. The second-order valence-corrected chi connectivity index (χ2v) is 7.56. The van der Waals surface area contributed by atoms with Gasteiger partial charge in [0.15, 0.2) is 0 Å². The number of carbonyl (C=O) groups excluding carboxylic acids is 2. The van der Waals surface area contributed by atoms with Gasteiger partial charge in [-0.15, -0.1) is 0 Å². The van der Waals surface area contributed by atoms with Crippen molar-refractivity contribution in [1.82, 2.24) is 5.32 Å². The molecular formula is C21H19N3O2S. The number of anilines is 1. The van der Waals surface area contributed by atoms with Gasteiger partial charge in [-0.1, -0.05) is 59.8 Å². The van der Waals surface area contributed by atoms with Crippen LogP contribution in [-0.2, 0) is 16.1 Å². The van der Waals surface area contributed by atoms with Crippen LogP contribution in [0.3, 0.4) is 0 Å². The summed E-state index contributed by atoms with van der Waals surface area (Å²) in [4.78, 5) is 26.8. The largest absolute Gasteiger partial charge is 0.347 e. The van der Waals surface area contributed by atoms with E-state index in [0.29, 0.717) is 17.3 Å². The van der Waals surface area contributed by atoms with E-state index in [2.05, 4.69) is 5.32 Å². The Kier molecular flexibility index (Phi) is 5.63. The van der Waals surface area contributed by atoms with Crippen LogP contribution in [0.25, 0.3) is 0 Å². The van der Waals surface area contributed by atoms with Crippen LogP contribution >= 0.6 is 11.8 Å².